The fourth-order valence-corrected chi connectivity index (χ4v) is 2.18. The Balaban J connectivity index is 0. The Morgan fingerprint density at radius 1 is 0.889 bits per heavy atom. The molecule has 0 fully saturated rings. The van der Waals surface area contributed by atoms with E-state index in [1.165, 1.54) is 0 Å². The van der Waals surface area contributed by atoms with Crippen molar-refractivity contribution in [3.05, 3.63) is 30.3 Å². The van der Waals surface area contributed by atoms with E-state index in [9.17, 15) is 25.9 Å². The molecule has 0 unspecified atom stereocenters. The molecule has 1 rings (SSSR count). The van der Waals surface area contributed by atoms with Crippen molar-refractivity contribution >= 4 is 26.3 Å². The van der Waals surface area contributed by atoms with Gasteiger partial charge < -0.3 is 9.11 Å². The zero-order valence-electron chi connectivity index (χ0n) is 9.78. The van der Waals surface area contributed by atoms with Crippen LogP contribution < -0.4 is 59.1 Å². The number of hydrogen-bond donors (Lipinski definition) is 0. The van der Waals surface area contributed by atoms with E-state index in [1.54, 1.807) is 0 Å². The van der Waals surface area contributed by atoms with E-state index >= 15 is 0 Å². The Kier molecular flexibility index (Phi) is 8.82. The molecule has 0 saturated carbocycles. The number of rotatable bonds is 3. The molecule has 0 amide bonds. The van der Waals surface area contributed by atoms with Crippen LogP contribution in [-0.2, 0) is 20.2 Å². The summed E-state index contributed by atoms with van der Waals surface area (Å²) in [6.07, 6.45) is 1.13. The maximum atomic E-state index is 10.7. The van der Waals surface area contributed by atoms with Gasteiger partial charge in [0.1, 0.15) is 20.2 Å². The van der Waals surface area contributed by atoms with E-state index in [2.05, 4.69) is 6.58 Å². The standard InChI is InChI=1S/C8H8O6S2.2Na/c1-2-6-3-7(15(9,10)11)5-8(4-6)16(12,13)14;;/h2-5H,1H2,(H,9,10,11)(H,12,13,14);;/q;2*+1/p-2. The molecule has 0 atom stereocenters. The van der Waals surface area contributed by atoms with Crippen LogP contribution in [0.2, 0.25) is 0 Å². The first-order valence-corrected chi connectivity index (χ1v) is 6.65. The zero-order chi connectivity index (χ0) is 12.6. The van der Waals surface area contributed by atoms with Crippen molar-refractivity contribution in [2.24, 2.45) is 0 Å². The molecular weight excluding hydrogens is 302 g/mol. The third-order valence-corrected chi connectivity index (χ3v) is 3.34. The van der Waals surface area contributed by atoms with Crippen LogP contribution in [0.25, 0.3) is 6.08 Å². The summed E-state index contributed by atoms with van der Waals surface area (Å²) >= 11 is 0. The Morgan fingerprint density at radius 3 is 1.44 bits per heavy atom. The first-order chi connectivity index (χ1) is 7.14. The van der Waals surface area contributed by atoms with Gasteiger partial charge in [-0.25, -0.2) is 16.8 Å². The molecule has 10 heteroatoms. The predicted octanol–water partition coefficient (Wildman–Crippen LogP) is -5.85. The van der Waals surface area contributed by atoms with Gasteiger partial charge in [0.2, 0.25) is 0 Å². The van der Waals surface area contributed by atoms with Crippen LogP contribution in [0.3, 0.4) is 0 Å². The topological polar surface area (TPSA) is 114 Å². The number of hydrogen-bond acceptors (Lipinski definition) is 6. The Bertz CT molecular complexity index is 585. The Morgan fingerprint density at radius 2 is 1.22 bits per heavy atom. The molecule has 1 aromatic rings. The fraction of sp³-hybridized carbons (Fsp3) is 0. The monoisotopic (exact) mass is 308 g/mol. The molecular formula is C8H6Na2O6S2. The summed E-state index contributed by atoms with van der Waals surface area (Å²) < 4.78 is 64.2. The normalized spacial score (nSPS) is 11.0. The van der Waals surface area contributed by atoms with Gasteiger partial charge in [-0.2, -0.15) is 0 Å². The molecule has 88 valence electrons. The van der Waals surface area contributed by atoms with E-state index in [0.717, 1.165) is 18.2 Å². The van der Waals surface area contributed by atoms with E-state index in [4.69, 9.17) is 0 Å². The Hall–Kier alpha value is 0.780. The van der Waals surface area contributed by atoms with Gasteiger partial charge in [0, 0.05) is 0 Å². The van der Waals surface area contributed by atoms with Crippen LogP contribution in [0.1, 0.15) is 5.56 Å². The van der Waals surface area contributed by atoms with Crippen LogP contribution in [0.5, 0.6) is 0 Å². The van der Waals surface area contributed by atoms with E-state index in [-0.39, 0.29) is 64.7 Å². The molecule has 0 aromatic heterocycles. The third kappa shape index (κ3) is 5.83. The zero-order valence-corrected chi connectivity index (χ0v) is 15.4. The largest absolute Gasteiger partial charge is 1.00 e. The first-order valence-electron chi connectivity index (χ1n) is 3.84. The minimum Gasteiger partial charge on any atom is -0.744 e. The molecule has 1 aromatic carbocycles. The van der Waals surface area contributed by atoms with Crippen LogP contribution in [0, 0.1) is 0 Å². The molecule has 0 bridgehead atoms. The van der Waals surface area contributed by atoms with E-state index in [0.29, 0.717) is 6.07 Å². The molecule has 6 nitrogen and oxygen atoms in total. The average Bonchev–Trinajstić information content (AvgIpc) is 2.14. The van der Waals surface area contributed by atoms with Gasteiger partial charge in [0.05, 0.1) is 9.79 Å². The first kappa shape index (κ1) is 21.1. The van der Waals surface area contributed by atoms with Crippen molar-refractivity contribution in [2.45, 2.75) is 9.79 Å². The molecule has 0 aliphatic rings. The molecule has 0 radical (unpaired) electrons. The SMILES string of the molecule is C=Cc1cc(S(=O)(=O)[O-])cc(S(=O)(=O)[O-])c1.[Na+].[Na+]. The second kappa shape index (κ2) is 7.53. The van der Waals surface area contributed by atoms with Gasteiger partial charge in [0.15, 0.2) is 0 Å². The molecule has 0 heterocycles. The van der Waals surface area contributed by atoms with Gasteiger partial charge in [-0.3, -0.25) is 0 Å². The minimum atomic E-state index is -4.82. The van der Waals surface area contributed by atoms with Gasteiger partial charge in [0.25, 0.3) is 0 Å². The second-order valence-electron chi connectivity index (χ2n) is 2.85. The molecule has 0 N–H and O–H groups in total. The van der Waals surface area contributed by atoms with Gasteiger partial charge in [-0.1, -0.05) is 12.7 Å². The summed E-state index contributed by atoms with van der Waals surface area (Å²) in [4.78, 5) is -1.56. The summed E-state index contributed by atoms with van der Waals surface area (Å²) in [6.45, 7) is 3.28. The van der Waals surface area contributed by atoms with Crippen molar-refractivity contribution in [1.82, 2.24) is 0 Å². The van der Waals surface area contributed by atoms with E-state index < -0.39 is 30.0 Å². The van der Waals surface area contributed by atoms with Crippen LogP contribution in [-0.4, -0.2) is 25.9 Å². The van der Waals surface area contributed by atoms with Crippen molar-refractivity contribution in [2.75, 3.05) is 0 Å². The minimum absolute atomic E-state index is 0. The molecule has 0 aliphatic heterocycles. The van der Waals surface area contributed by atoms with Gasteiger partial charge in [-0.05, 0) is 23.8 Å². The van der Waals surface area contributed by atoms with Crippen LogP contribution in [0.15, 0.2) is 34.6 Å². The summed E-state index contributed by atoms with van der Waals surface area (Å²) in [7, 11) is -9.64. The van der Waals surface area contributed by atoms with E-state index in [1.807, 2.05) is 0 Å². The summed E-state index contributed by atoms with van der Waals surface area (Å²) in [5, 5.41) is 0. The van der Waals surface area contributed by atoms with Gasteiger partial charge in [-0.15, -0.1) is 0 Å². The maximum absolute atomic E-state index is 10.7. The molecule has 0 aliphatic carbocycles. The fourth-order valence-electron chi connectivity index (χ4n) is 1.00. The molecule has 0 saturated heterocycles. The third-order valence-electron chi connectivity index (χ3n) is 1.72. The molecule has 18 heavy (non-hydrogen) atoms. The maximum Gasteiger partial charge on any atom is 1.00 e. The van der Waals surface area contributed by atoms with Crippen molar-refractivity contribution in [1.29, 1.82) is 0 Å². The quantitative estimate of drug-likeness (QED) is 0.406. The average molecular weight is 308 g/mol. The summed E-state index contributed by atoms with van der Waals surface area (Å²) in [6, 6.07) is 2.39. The van der Waals surface area contributed by atoms with Gasteiger partial charge >= 0.3 is 59.1 Å². The Labute approximate surface area is 150 Å². The van der Waals surface area contributed by atoms with Crippen molar-refractivity contribution in [3.63, 3.8) is 0 Å². The summed E-state index contributed by atoms with van der Waals surface area (Å²) in [5.41, 5.74) is 0.0614. The number of benzene rings is 1. The second-order valence-corrected chi connectivity index (χ2v) is 5.61. The van der Waals surface area contributed by atoms with Crippen molar-refractivity contribution < 1.29 is 85.1 Å². The molecule has 0 spiro atoms. The van der Waals surface area contributed by atoms with Crippen LogP contribution >= 0.6 is 0 Å². The smallest absolute Gasteiger partial charge is 0.744 e. The summed E-state index contributed by atoms with van der Waals surface area (Å²) in [5.74, 6) is 0. The predicted molar refractivity (Wildman–Crippen MR) is 52.5 cm³/mol. The van der Waals surface area contributed by atoms with Crippen LogP contribution in [0.4, 0.5) is 0 Å². The van der Waals surface area contributed by atoms with Crippen molar-refractivity contribution in [3.8, 4) is 0 Å².